The molecule has 0 aliphatic rings. The molecule has 1 atom stereocenters. The highest BCUT2D eigenvalue weighted by molar-refractivity contribution is 5.92. The molecule has 0 aliphatic carbocycles. The number of benzene rings is 1. The van der Waals surface area contributed by atoms with Crippen molar-refractivity contribution in [2.75, 3.05) is 5.73 Å². The third kappa shape index (κ3) is 2.64. The molecule has 0 aliphatic heterocycles. The summed E-state index contributed by atoms with van der Waals surface area (Å²) in [4.78, 5) is 16.4. The number of hydrogen-bond donors (Lipinski definition) is 3. The Morgan fingerprint density at radius 2 is 2.14 bits per heavy atom. The summed E-state index contributed by atoms with van der Waals surface area (Å²) in [6.07, 6.45) is 1.41. The van der Waals surface area contributed by atoms with E-state index in [1.54, 1.807) is 6.92 Å². The number of aromatic nitrogens is 6. The second kappa shape index (κ2) is 5.64. The van der Waals surface area contributed by atoms with Gasteiger partial charge in [-0.2, -0.15) is 4.98 Å². The van der Waals surface area contributed by atoms with Crippen LogP contribution in [0.4, 0.5) is 5.95 Å². The van der Waals surface area contributed by atoms with Gasteiger partial charge in [0.1, 0.15) is 5.82 Å². The number of carbonyl (C=O) groups excluding carboxylic acids is 1. The second-order valence-electron chi connectivity index (χ2n) is 4.64. The van der Waals surface area contributed by atoms with Crippen molar-refractivity contribution < 1.29 is 4.79 Å². The number of rotatable bonds is 4. The topological polar surface area (TPSA) is 127 Å². The van der Waals surface area contributed by atoms with Crippen molar-refractivity contribution in [2.45, 2.75) is 13.0 Å². The first-order valence-corrected chi connectivity index (χ1v) is 6.60. The van der Waals surface area contributed by atoms with Crippen LogP contribution in [0.15, 0.2) is 36.5 Å². The largest absolute Gasteiger partial charge is 0.367 e. The molecule has 1 aromatic carbocycles. The molecule has 112 valence electrons. The Labute approximate surface area is 125 Å². The molecule has 9 heteroatoms. The van der Waals surface area contributed by atoms with E-state index in [1.165, 1.54) is 10.9 Å². The van der Waals surface area contributed by atoms with E-state index >= 15 is 0 Å². The molecule has 0 saturated heterocycles. The summed E-state index contributed by atoms with van der Waals surface area (Å²) in [7, 11) is 0. The minimum Gasteiger partial charge on any atom is -0.367 e. The number of aromatic amines is 1. The van der Waals surface area contributed by atoms with Crippen molar-refractivity contribution in [3.63, 3.8) is 0 Å². The molecule has 0 bridgehead atoms. The molecular formula is C13H14N8O. The van der Waals surface area contributed by atoms with Crippen LogP contribution in [0.1, 0.15) is 29.3 Å². The highest BCUT2D eigenvalue weighted by Crippen LogP contribution is 2.11. The van der Waals surface area contributed by atoms with Gasteiger partial charge in [-0.15, -0.1) is 10.2 Å². The quantitative estimate of drug-likeness (QED) is 0.642. The van der Waals surface area contributed by atoms with Crippen molar-refractivity contribution in [1.29, 1.82) is 0 Å². The first kappa shape index (κ1) is 13.7. The molecule has 2 aromatic heterocycles. The first-order valence-electron chi connectivity index (χ1n) is 6.60. The van der Waals surface area contributed by atoms with Gasteiger partial charge in [0.25, 0.3) is 5.91 Å². The van der Waals surface area contributed by atoms with Gasteiger partial charge < -0.3 is 11.1 Å². The lowest BCUT2D eigenvalue weighted by Crippen LogP contribution is -2.29. The zero-order valence-electron chi connectivity index (χ0n) is 11.8. The van der Waals surface area contributed by atoms with Crippen LogP contribution in [0.25, 0.3) is 5.69 Å². The van der Waals surface area contributed by atoms with Crippen molar-refractivity contribution >= 4 is 11.9 Å². The minimum absolute atomic E-state index is 0.132. The highest BCUT2D eigenvalue weighted by Gasteiger charge is 2.19. The van der Waals surface area contributed by atoms with Gasteiger partial charge in [0, 0.05) is 0 Å². The lowest BCUT2D eigenvalue weighted by Gasteiger charge is -2.11. The van der Waals surface area contributed by atoms with E-state index in [2.05, 4.69) is 30.8 Å². The smallest absolute Gasteiger partial charge is 0.272 e. The van der Waals surface area contributed by atoms with Gasteiger partial charge >= 0.3 is 0 Å². The van der Waals surface area contributed by atoms with E-state index in [-0.39, 0.29) is 17.9 Å². The average Bonchev–Trinajstić information content (AvgIpc) is 3.16. The fraction of sp³-hybridized carbons (Fsp3) is 0.154. The Bertz CT molecular complexity index is 778. The lowest BCUT2D eigenvalue weighted by atomic mass is 10.3. The van der Waals surface area contributed by atoms with Gasteiger partial charge in [0.05, 0.1) is 17.9 Å². The maximum Gasteiger partial charge on any atom is 0.272 e. The van der Waals surface area contributed by atoms with Gasteiger partial charge in [0.2, 0.25) is 5.95 Å². The summed E-state index contributed by atoms with van der Waals surface area (Å²) < 4.78 is 1.47. The molecule has 1 unspecified atom stereocenters. The van der Waals surface area contributed by atoms with Crippen LogP contribution in [-0.2, 0) is 0 Å². The van der Waals surface area contributed by atoms with Crippen LogP contribution in [0, 0.1) is 0 Å². The van der Waals surface area contributed by atoms with Gasteiger partial charge in [-0.25, -0.2) is 4.68 Å². The summed E-state index contributed by atoms with van der Waals surface area (Å²) in [5, 5.41) is 16.9. The van der Waals surface area contributed by atoms with Crippen LogP contribution in [-0.4, -0.2) is 36.1 Å². The van der Waals surface area contributed by atoms with Crippen LogP contribution < -0.4 is 11.1 Å². The van der Waals surface area contributed by atoms with Crippen molar-refractivity contribution in [3.8, 4) is 5.69 Å². The monoisotopic (exact) mass is 298 g/mol. The van der Waals surface area contributed by atoms with Crippen LogP contribution in [0.3, 0.4) is 0 Å². The number of carbonyl (C=O) groups is 1. The number of nitrogens with zero attached hydrogens (tertiary/aromatic N) is 5. The maximum absolute atomic E-state index is 12.4. The standard InChI is InChI=1S/C13H14N8O/c1-8(11-17-13(14)19-18-11)16-12(22)10-7-15-20-21(10)9-5-3-2-4-6-9/h2-8H,1H3,(H,16,22)(H3,14,17,18,19). The number of nitrogens with one attached hydrogen (secondary N) is 2. The number of nitrogen functional groups attached to an aromatic ring is 1. The van der Waals surface area contributed by atoms with Gasteiger partial charge in [-0.3, -0.25) is 9.89 Å². The number of nitrogens with two attached hydrogens (primary N) is 1. The molecule has 0 radical (unpaired) electrons. The number of para-hydroxylation sites is 1. The molecule has 3 rings (SSSR count). The summed E-state index contributed by atoms with van der Waals surface area (Å²) >= 11 is 0. The number of H-pyrrole nitrogens is 1. The first-order chi connectivity index (χ1) is 10.6. The summed E-state index contributed by atoms with van der Waals surface area (Å²) in [6, 6.07) is 8.91. The Hall–Kier alpha value is -3.23. The van der Waals surface area contributed by atoms with E-state index in [0.29, 0.717) is 11.5 Å². The molecular weight excluding hydrogens is 284 g/mol. The average molecular weight is 298 g/mol. The van der Waals surface area contributed by atoms with Crippen molar-refractivity contribution in [1.82, 2.24) is 35.5 Å². The Morgan fingerprint density at radius 3 is 2.82 bits per heavy atom. The zero-order valence-corrected chi connectivity index (χ0v) is 11.8. The van der Waals surface area contributed by atoms with Gasteiger partial charge in [-0.1, -0.05) is 23.4 Å². The molecule has 1 amide bonds. The molecule has 3 aromatic rings. The van der Waals surface area contributed by atoms with Crippen LogP contribution in [0.5, 0.6) is 0 Å². The Morgan fingerprint density at radius 1 is 1.36 bits per heavy atom. The third-order valence-corrected chi connectivity index (χ3v) is 3.06. The van der Waals surface area contributed by atoms with E-state index in [9.17, 15) is 4.79 Å². The molecule has 0 spiro atoms. The van der Waals surface area contributed by atoms with Gasteiger partial charge in [-0.05, 0) is 19.1 Å². The van der Waals surface area contributed by atoms with Crippen LogP contribution in [0.2, 0.25) is 0 Å². The Kier molecular flexibility index (Phi) is 3.52. The summed E-state index contributed by atoms with van der Waals surface area (Å²) in [5.41, 5.74) is 6.53. The molecule has 22 heavy (non-hydrogen) atoms. The van der Waals surface area contributed by atoms with E-state index in [1.807, 2.05) is 30.3 Å². The SMILES string of the molecule is CC(NC(=O)c1cnnn1-c1ccccc1)c1nc(N)n[nH]1. The maximum atomic E-state index is 12.4. The van der Waals surface area contributed by atoms with Gasteiger partial charge in [0.15, 0.2) is 5.69 Å². The number of amides is 1. The Balaban J connectivity index is 1.80. The molecule has 9 nitrogen and oxygen atoms in total. The van der Waals surface area contributed by atoms with E-state index < -0.39 is 0 Å². The second-order valence-corrected chi connectivity index (χ2v) is 4.64. The minimum atomic E-state index is -0.378. The van der Waals surface area contributed by atoms with Crippen molar-refractivity contribution in [2.24, 2.45) is 0 Å². The normalized spacial score (nSPS) is 12.0. The van der Waals surface area contributed by atoms with Crippen molar-refractivity contribution in [3.05, 3.63) is 48.0 Å². The lowest BCUT2D eigenvalue weighted by molar-refractivity contribution is 0.0930. The molecule has 2 heterocycles. The fourth-order valence-electron chi connectivity index (χ4n) is 1.97. The molecule has 0 saturated carbocycles. The van der Waals surface area contributed by atoms with E-state index in [0.717, 1.165) is 5.69 Å². The summed E-state index contributed by atoms with van der Waals surface area (Å²) in [6.45, 7) is 1.77. The number of anilines is 1. The van der Waals surface area contributed by atoms with Crippen LogP contribution >= 0.6 is 0 Å². The predicted molar refractivity (Wildman–Crippen MR) is 78.0 cm³/mol. The number of hydrogen-bond acceptors (Lipinski definition) is 6. The third-order valence-electron chi connectivity index (χ3n) is 3.06. The molecule has 4 N–H and O–H groups in total. The zero-order chi connectivity index (χ0) is 15.5. The summed E-state index contributed by atoms with van der Waals surface area (Å²) in [5.74, 6) is 0.285. The molecule has 0 fully saturated rings. The van der Waals surface area contributed by atoms with E-state index in [4.69, 9.17) is 5.73 Å². The highest BCUT2D eigenvalue weighted by atomic mass is 16.2. The predicted octanol–water partition coefficient (Wildman–Crippen LogP) is 0.459. The fourth-order valence-corrected chi connectivity index (χ4v) is 1.97.